The number of aliphatic hydroxyl groups is 1. The highest BCUT2D eigenvalue weighted by atomic mass is 19.1. The highest BCUT2D eigenvalue weighted by Crippen LogP contribution is 2.24. The van der Waals surface area contributed by atoms with Crippen LogP contribution in [0.15, 0.2) is 30.4 Å². The van der Waals surface area contributed by atoms with Crippen LogP contribution in [0.5, 0.6) is 0 Å². The van der Waals surface area contributed by atoms with E-state index < -0.39 is 17.7 Å². The van der Waals surface area contributed by atoms with Crippen molar-refractivity contribution in [2.75, 3.05) is 0 Å². The first-order valence-electron chi connectivity index (χ1n) is 4.84. The highest BCUT2D eigenvalue weighted by molar-refractivity contribution is 5.22. The number of benzene rings is 1. The molecule has 0 aliphatic heterocycles. The van der Waals surface area contributed by atoms with Gasteiger partial charge < -0.3 is 5.11 Å². The van der Waals surface area contributed by atoms with Gasteiger partial charge in [-0.1, -0.05) is 19.1 Å². The van der Waals surface area contributed by atoms with Crippen LogP contribution in [-0.2, 0) is 0 Å². The number of hydrogen-bond acceptors (Lipinski definition) is 1. The summed E-state index contributed by atoms with van der Waals surface area (Å²) in [6, 6.07) is 3.06. The van der Waals surface area contributed by atoms with Crippen LogP contribution < -0.4 is 0 Å². The summed E-state index contributed by atoms with van der Waals surface area (Å²) in [6.07, 6.45) is -0.0432. The summed E-state index contributed by atoms with van der Waals surface area (Å²) in [4.78, 5) is 0. The van der Waals surface area contributed by atoms with Crippen LogP contribution in [0.25, 0.3) is 0 Å². The quantitative estimate of drug-likeness (QED) is 0.759. The zero-order valence-corrected chi connectivity index (χ0v) is 8.63. The molecule has 0 saturated carbocycles. The molecular formula is C12H14F2O. The Balaban J connectivity index is 2.85. The van der Waals surface area contributed by atoms with Gasteiger partial charge in [0.2, 0.25) is 0 Å². The summed E-state index contributed by atoms with van der Waals surface area (Å²) >= 11 is 0. The van der Waals surface area contributed by atoms with Crippen molar-refractivity contribution in [2.24, 2.45) is 0 Å². The Morgan fingerprint density at radius 2 is 2.13 bits per heavy atom. The first-order chi connectivity index (χ1) is 7.04. The van der Waals surface area contributed by atoms with E-state index in [0.717, 1.165) is 23.8 Å². The Labute approximate surface area is 88.1 Å². The van der Waals surface area contributed by atoms with Crippen LogP contribution in [0.2, 0.25) is 0 Å². The fourth-order valence-electron chi connectivity index (χ4n) is 1.30. The van der Waals surface area contributed by atoms with Crippen LogP contribution in [0, 0.1) is 11.6 Å². The van der Waals surface area contributed by atoms with Crippen molar-refractivity contribution in [3.8, 4) is 0 Å². The first-order valence-corrected chi connectivity index (χ1v) is 4.84. The van der Waals surface area contributed by atoms with Gasteiger partial charge in [0, 0.05) is 5.56 Å². The van der Waals surface area contributed by atoms with Crippen molar-refractivity contribution in [3.63, 3.8) is 0 Å². The number of halogens is 2. The maximum atomic E-state index is 13.2. The van der Waals surface area contributed by atoms with Crippen molar-refractivity contribution in [1.82, 2.24) is 0 Å². The third kappa shape index (κ3) is 3.13. The van der Waals surface area contributed by atoms with E-state index in [9.17, 15) is 13.9 Å². The van der Waals surface area contributed by atoms with Gasteiger partial charge in [0.25, 0.3) is 0 Å². The van der Waals surface area contributed by atoms with Gasteiger partial charge in [-0.25, -0.2) is 8.78 Å². The van der Waals surface area contributed by atoms with E-state index in [0.29, 0.717) is 6.42 Å². The average Bonchev–Trinajstić information content (AvgIpc) is 2.21. The molecule has 0 aliphatic rings. The Morgan fingerprint density at radius 1 is 1.47 bits per heavy atom. The minimum atomic E-state index is -1.02. The molecule has 0 bridgehead atoms. The van der Waals surface area contributed by atoms with E-state index in [4.69, 9.17) is 0 Å². The summed E-state index contributed by atoms with van der Waals surface area (Å²) in [7, 11) is 0. The van der Waals surface area contributed by atoms with E-state index >= 15 is 0 Å². The molecule has 0 amide bonds. The van der Waals surface area contributed by atoms with Crippen molar-refractivity contribution in [2.45, 2.75) is 25.9 Å². The van der Waals surface area contributed by atoms with Crippen molar-refractivity contribution < 1.29 is 13.9 Å². The molecule has 1 unspecified atom stereocenters. The molecule has 0 heterocycles. The van der Waals surface area contributed by atoms with E-state index in [1.54, 1.807) is 0 Å². The predicted molar refractivity (Wildman–Crippen MR) is 55.4 cm³/mol. The molecule has 3 heteroatoms. The smallest absolute Gasteiger partial charge is 0.129 e. The average molecular weight is 212 g/mol. The summed E-state index contributed by atoms with van der Waals surface area (Å²) in [5.41, 5.74) is 0.802. The monoisotopic (exact) mass is 212 g/mol. The molecule has 0 fully saturated rings. The minimum Gasteiger partial charge on any atom is -0.388 e. The molecule has 1 atom stereocenters. The molecule has 1 nitrogen and oxygen atoms in total. The van der Waals surface area contributed by atoms with Crippen LogP contribution in [0.3, 0.4) is 0 Å². The lowest BCUT2D eigenvalue weighted by Gasteiger charge is -2.12. The Bertz CT molecular complexity index is 361. The molecule has 1 aromatic carbocycles. The molecule has 1 aromatic rings. The summed E-state index contributed by atoms with van der Waals surface area (Å²) in [5, 5.41) is 9.66. The van der Waals surface area contributed by atoms with Crippen LogP contribution in [0.4, 0.5) is 8.78 Å². The molecule has 15 heavy (non-hydrogen) atoms. The van der Waals surface area contributed by atoms with Gasteiger partial charge in [-0.2, -0.15) is 0 Å². The van der Waals surface area contributed by atoms with Crippen LogP contribution >= 0.6 is 0 Å². The molecular weight excluding hydrogens is 198 g/mol. The zero-order chi connectivity index (χ0) is 11.4. The van der Waals surface area contributed by atoms with Crippen molar-refractivity contribution in [1.29, 1.82) is 0 Å². The lowest BCUT2D eigenvalue weighted by atomic mass is 10.0. The van der Waals surface area contributed by atoms with Gasteiger partial charge in [-0.15, -0.1) is 0 Å². The Morgan fingerprint density at radius 3 is 2.73 bits per heavy atom. The standard InChI is InChI=1S/C12H14F2O/c1-3-8(2)6-12(15)10-7-9(13)4-5-11(10)14/h4-5,7,12,15H,2-3,6H2,1H3. The van der Waals surface area contributed by atoms with Crippen LogP contribution in [-0.4, -0.2) is 5.11 Å². The van der Waals surface area contributed by atoms with Crippen molar-refractivity contribution >= 4 is 0 Å². The molecule has 0 saturated heterocycles. The maximum Gasteiger partial charge on any atom is 0.129 e. The maximum absolute atomic E-state index is 13.2. The Hall–Kier alpha value is -1.22. The van der Waals surface area contributed by atoms with Crippen molar-refractivity contribution in [3.05, 3.63) is 47.5 Å². The van der Waals surface area contributed by atoms with Gasteiger partial charge in [-0.05, 0) is 31.0 Å². The fraction of sp³-hybridized carbons (Fsp3) is 0.333. The molecule has 1 N–H and O–H groups in total. The lowest BCUT2D eigenvalue weighted by molar-refractivity contribution is 0.172. The van der Waals surface area contributed by atoms with Gasteiger partial charge in [0.15, 0.2) is 0 Å². The second-order valence-corrected chi connectivity index (χ2v) is 3.49. The Kier molecular flexibility index (Phi) is 3.97. The summed E-state index contributed by atoms with van der Waals surface area (Å²) < 4.78 is 26.0. The third-order valence-electron chi connectivity index (χ3n) is 2.30. The van der Waals surface area contributed by atoms with E-state index in [2.05, 4.69) is 6.58 Å². The molecule has 0 spiro atoms. The second kappa shape index (κ2) is 5.03. The van der Waals surface area contributed by atoms with E-state index in [1.165, 1.54) is 0 Å². The number of aliphatic hydroxyl groups excluding tert-OH is 1. The van der Waals surface area contributed by atoms with Gasteiger partial charge >= 0.3 is 0 Å². The van der Waals surface area contributed by atoms with E-state index in [1.807, 2.05) is 6.92 Å². The van der Waals surface area contributed by atoms with Gasteiger partial charge in [0.1, 0.15) is 11.6 Å². The highest BCUT2D eigenvalue weighted by Gasteiger charge is 2.14. The van der Waals surface area contributed by atoms with Gasteiger partial charge in [0.05, 0.1) is 6.10 Å². The number of hydrogen-bond donors (Lipinski definition) is 1. The minimum absolute atomic E-state index is 0.00963. The van der Waals surface area contributed by atoms with Crippen LogP contribution in [0.1, 0.15) is 31.4 Å². The lowest BCUT2D eigenvalue weighted by Crippen LogP contribution is -2.02. The first kappa shape index (κ1) is 11.9. The molecule has 0 aromatic heterocycles. The normalized spacial score (nSPS) is 12.5. The molecule has 82 valence electrons. The molecule has 1 rings (SSSR count). The molecule has 0 aliphatic carbocycles. The third-order valence-corrected chi connectivity index (χ3v) is 2.30. The predicted octanol–water partition coefficient (Wildman–Crippen LogP) is 3.35. The fourth-order valence-corrected chi connectivity index (χ4v) is 1.30. The topological polar surface area (TPSA) is 20.2 Å². The number of rotatable bonds is 4. The second-order valence-electron chi connectivity index (χ2n) is 3.49. The van der Waals surface area contributed by atoms with Gasteiger partial charge in [-0.3, -0.25) is 0 Å². The SMILES string of the molecule is C=C(CC)CC(O)c1cc(F)ccc1F. The summed E-state index contributed by atoms with van der Waals surface area (Å²) in [6.45, 7) is 5.61. The summed E-state index contributed by atoms with van der Waals surface area (Å²) in [5.74, 6) is -1.14. The molecule has 0 radical (unpaired) electrons. The largest absolute Gasteiger partial charge is 0.388 e. The zero-order valence-electron chi connectivity index (χ0n) is 8.63. The van der Waals surface area contributed by atoms with E-state index in [-0.39, 0.29) is 12.0 Å².